The van der Waals surface area contributed by atoms with Crippen molar-refractivity contribution in [1.82, 2.24) is 4.90 Å². The summed E-state index contributed by atoms with van der Waals surface area (Å²) in [7, 11) is 2.16. The van der Waals surface area contributed by atoms with E-state index >= 15 is 0 Å². The fourth-order valence-electron chi connectivity index (χ4n) is 2.99. The van der Waals surface area contributed by atoms with Crippen molar-refractivity contribution >= 4 is 17.3 Å². The first-order chi connectivity index (χ1) is 10.2. The number of nitrogens with zero attached hydrogens (tertiary/aromatic N) is 1. The Labute approximate surface area is 131 Å². The van der Waals surface area contributed by atoms with Gasteiger partial charge in [0.1, 0.15) is 0 Å². The first kappa shape index (κ1) is 14.4. The maximum atomic E-state index is 6.23. The van der Waals surface area contributed by atoms with Gasteiger partial charge in [0.2, 0.25) is 0 Å². The highest BCUT2D eigenvalue weighted by molar-refractivity contribution is 6.31. The van der Waals surface area contributed by atoms with Gasteiger partial charge in [0.05, 0.1) is 0 Å². The van der Waals surface area contributed by atoms with E-state index in [4.69, 9.17) is 11.6 Å². The molecule has 0 amide bonds. The van der Waals surface area contributed by atoms with Crippen LogP contribution in [0.4, 0.5) is 5.69 Å². The second-order valence-electron chi connectivity index (χ2n) is 5.78. The summed E-state index contributed by atoms with van der Waals surface area (Å²) in [6.45, 7) is 3.03. The van der Waals surface area contributed by atoms with Crippen LogP contribution in [0, 0.1) is 0 Å². The smallest absolute Gasteiger partial charge is 0.0451 e. The molecule has 0 saturated heterocycles. The number of hydrogen-bond donors (Lipinski definition) is 1. The van der Waals surface area contributed by atoms with Gasteiger partial charge >= 0.3 is 0 Å². The maximum absolute atomic E-state index is 6.23. The molecular weight excluding hydrogens is 280 g/mol. The fraction of sp³-hybridized carbons (Fsp3) is 0.333. The molecule has 2 aromatic rings. The monoisotopic (exact) mass is 300 g/mol. The molecule has 3 rings (SSSR count). The maximum Gasteiger partial charge on any atom is 0.0451 e. The van der Waals surface area contributed by atoms with Crippen molar-refractivity contribution in [2.45, 2.75) is 18.9 Å². The Hall–Kier alpha value is -1.51. The number of para-hydroxylation sites is 1. The molecule has 110 valence electrons. The van der Waals surface area contributed by atoms with Gasteiger partial charge in [0.15, 0.2) is 0 Å². The molecule has 0 fully saturated rings. The summed E-state index contributed by atoms with van der Waals surface area (Å²) in [5, 5.41) is 4.35. The Morgan fingerprint density at radius 3 is 2.76 bits per heavy atom. The zero-order valence-electron chi connectivity index (χ0n) is 12.3. The topological polar surface area (TPSA) is 15.3 Å². The van der Waals surface area contributed by atoms with Crippen molar-refractivity contribution in [2.75, 3.05) is 25.5 Å². The molecule has 0 aromatic heterocycles. The third-order valence-electron chi connectivity index (χ3n) is 4.20. The number of rotatable bonds is 5. The van der Waals surface area contributed by atoms with Gasteiger partial charge in [-0.3, -0.25) is 0 Å². The number of benzene rings is 2. The summed E-state index contributed by atoms with van der Waals surface area (Å²) < 4.78 is 0. The van der Waals surface area contributed by atoms with E-state index in [1.807, 2.05) is 18.2 Å². The minimum atomic E-state index is 0.620. The van der Waals surface area contributed by atoms with E-state index < -0.39 is 0 Å². The van der Waals surface area contributed by atoms with Gasteiger partial charge in [-0.15, -0.1) is 0 Å². The number of fused-ring (bicyclic) bond motifs is 1. The standard InChI is InChI=1S/C18H21ClN2/c1-21(13-15-6-2-4-8-17(15)19)11-10-14-12-20-18-9-5-3-7-16(14)18/h2-9,14,20H,10-13H2,1H3. The fourth-order valence-corrected chi connectivity index (χ4v) is 3.18. The largest absolute Gasteiger partial charge is 0.384 e. The van der Waals surface area contributed by atoms with Crippen LogP contribution in [-0.4, -0.2) is 25.0 Å². The summed E-state index contributed by atoms with van der Waals surface area (Å²) in [5.74, 6) is 0.620. The van der Waals surface area contributed by atoms with Crippen LogP contribution >= 0.6 is 11.6 Å². The van der Waals surface area contributed by atoms with Gasteiger partial charge < -0.3 is 10.2 Å². The second kappa shape index (κ2) is 6.50. The molecule has 3 heteroatoms. The highest BCUT2D eigenvalue weighted by Gasteiger charge is 2.21. The summed E-state index contributed by atoms with van der Waals surface area (Å²) >= 11 is 6.23. The lowest BCUT2D eigenvalue weighted by molar-refractivity contribution is 0.313. The lowest BCUT2D eigenvalue weighted by atomic mass is 9.98. The van der Waals surface area contributed by atoms with Crippen LogP contribution in [0.3, 0.4) is 0 Å². The summed E-state index contributed by atoms with van der Waals surface area (Å²) in [6, 6.07) is 16.7. The van der Waals surface area contributed by atoms with Crippen LogP contribution in [0.2, 0.25) is 5.02 Å². The van der Waals surface area contributed by atoms with Crippen LogP contribution < -0.4 is 5.32 Å². The predicted octanol–water partition coefficient (Wildman–Crippen LogP) is 4.37. The van der Waals surface area contributed by atoms with E-state index in [1.54, 1.807) is 0 Å². The van der Waals surface area contributed by atoms with E-state index in [-0.39, 0.29) is 0 Å². The van der Waals surface area contributed by atoms with E-state index in [1.165, 1.54) is 23.2 Å². The molecule has 2 aromatic carbocycles. The Balaban J connectivity index is 1.55. The van der Waals surface area contributed by atoms with Gasteiger partial charge in [-0.25, -0.2) is 0 Å². The zero-order chi connectivity index (χ0) is 14.7. The van der Waals surface area contributed by atoms with Gasteiger partial charge in [0, 0.05) is 29.7 Å². The van der Waals surface area contributed by atoms with Gasteiger partial charge in [-0.05, 0) is 43.3 Å². The molecule has 0 saturated carbocycles. The average molecular weight is 301 g/mol. The zero-order valence-corrected chi connectivity index (χ0v) is 13.1. The lowest BCUT2D eigenvalue weighted by Crippen LogP contribution is -2.21. The van der Waals surface area contributed by atoms with E-state index in [2.05, 4.69) is 47.6 Å². The molecule has 1 heterocycles. The minimum absolute atomic E-state index is 0.620. The summed E-state index contributed by atoms with van der Waals surface area (Å²) in [4.78, 5) is 2.35. The molecule has 1 aliphatic rings. The van der Waals surface area contributed by atoms with Crippen LogP contribution in [-0.2, 0) is 6.54 Å². The molecule has 0 spiro atoms. The third-order valence-corrected chi connectivity index (χ3v) is 4.57. The first-order valence-corrected chi connectivity index (χ1v) is 7.86. The van der Waals surface area contributed by atoms with Crippen molar-refractivity contribution < 1.29 is 0 Å². The second-order valence-corrected chi connectivity index (χ2v) is 6.19. The molecule has 1 N–H and O–H groups in total. The van der Waals surface area contributed by atoms with Crippen molar-refractivity contribution in [3.8, 4) is 0 Å². The molecule has 0 radical (unpaired) electrons. The van der Waals surface area contributed by atoms with Crippen molar-refractivity contribution in [2.24, 2.45) is 0 Å². The quantitative estimate of drug-likeness (QED) is 0.882. The number of hydrogen-bond acceptors (Lipinski definition) is 2. The summed E-state index contributed by atoms with van der Waals surface area (Å²) in [5.41, 5.74) is 3.96. The molecule has 21 heavy (non-hydrogen) atoms. The highest BCUT2D eigenvalue weighted by Crippen LogP contribution is 2.33. The highest BCUT2D eigenvalue weighted by atomic mass is 35.5. The van der Waals surface area contributed by atoms with Crippen molar-refractivity contribution in [3.05, 3.63) is 64.7 Å². The first-order valence-electron chi connectivity index (χ1n) is 7.49. The Kier molecular flexibility index (Phi) is 4.47. The molecule has 0 bridgehead atoms. The Bertz CT molecular complexity index is 612. The molecular formula is C18H21ClN2. The van der Waals surface area contributed by atoms with Crippen LogP contribution in [0.1, 0.15) is 23.5 Å². The number of halogens is 1. The molecule has 2 nitrogen and oxygen atoms in total. The number of anilines is 1. The molecule has 1 unspecified atom stereocenters. The van der Waals surface area contributed by atoms with Crippen molar-refractivity contribution in [1.29, 1.82) is 0 Å². The van der Waals surface area contributed by atoms with Gasteiger partial charge in [-0.1, -0.05) is 48.0 Å². The third kappa shape index (κ3) is 3.39. The lowest BCUT2D eigenvalue weighted by Gasteiger charge is -2.19. The van der Waals surface area contributed by atoms with Crippen molar-refractivity contribution in [3.63, 3.8) is 0 Å². The van der Waals surface area contributed by atoms with Crippen LogP contribution in [0.15, 0.2) is 48.5 Å². The van der Waals surface area contributed by atoms with Crippen LogP contribution in [0.25, 0.3) is 0 Å². The van der Waals surface area contributed by atoms with E-state index in [0.29, 0.717) is 5.92 Å². The van der Waals surface area contributed by atoms with Gasteiger partial charge in [0.25, 0.3) is 0 Å². The Morgan fingerprint density at radius 1 is 1.14 bits per heavy atom. The SMILES string of the molecule is CN(CCC1CNc2ccccc21)Cc1ccccc1Cl. The number of nitrogens with one attached hydrogen (secondary N) is 1. The molecule has 0 aliphatic carbocycles. The predicted molar refractivity (Wildman–Crippen MR) is 90.1 cm³/mol. The average Bonchev–Trinajstić information content (AvgIpc) is 2.91. The van der Waals surface area contributed by atoms with Gasteiger partial charge in [-0.2, -0.15) is 0 Å². The van der Waals surface area contributed by atoms with E-state index in [0.717, 1.165) is 24.7 Å². The minimum Gasteiger partial charge on any atom is -0.384 e. The molecule has 1 aliphatic heterocycles. The van der Waals surface area contributed by atoms with E-state index in [9.17, 15) is 0 Å². The molecule has 1 atom stereocenters. The summed E-state index contributed by atoms with van der Waals surface area (Å²) in [6.07, 6.45) is 1.17. The normalized spacial score (nSPS) is 16.8. The van der Waals surface area contributed by atoms with Crippen LogP contribution in [0.5, 0.6) is 0 Å². The Morgan fingerprint density at radius 2 is 1.90 bits per heavy atom.